The molecule has 0 bridgehead atoms. The molecule has 92 valence electrons. The van der Waals surface area contributed by atoms with Crippen molar-refractivity contribution in [1.29, 1.82) is 0 Å². The molecule has 2 heterocycles. The van der Waals surface area contributed by atoms with Crippen molar-refractivity contribution >= 4 is 0 Å². The first-order chi connectivity index (χ1) is 8.31. The van der Waals surface area contributed by atoms with Crippen molar-refractivity contribution in [3.8, 4) is 0 Å². The third-order valence-electron chi connectivity index (χ3n) is 2.94. The second-order valence-electron chi connectivity index (χ2n) is 4.27. The van der Waals surface area contributed by atoms with Crippen LogP contribution in [0.3, 0.4) is 0 Å². The number of aryl methyl sites for hydroxylation is 1. The zero-order valence-corrected chi connectivity index (χ0v) is 10.4. The van der Waals surface area contributed by atoms with Gasteiger partial charge in [-0.2, -0.15) is 0 Å². The van der Waals surface area contributed by atoms with E-state index in [-0.39, 0.29) is 0 Å². The minimum atomic E-state index is 0.297. The molecule has 0 aliphatic carbocycles. The van der Waals surface area contributed by atoms with E-state index in [1.165, 1.54) is 11.1 Å². The standard InChI is InChI=1S/C14H19NO2/c1-3-6-15-14(9-12-4-7-16-10-12)13-5-8-17-11(13)2/h4-5,7-8,10,14-15H,3,6,9H2,1-2H3. The van der Waals surface area contributed by atoms with Gasteiger partial charge in [-0.3, -0.25) is 0 Å². The molecule has 3 heteroatoms. The number of hydrogen-bond acceptors (Lipinski definition) is 3. The molecule has 17 heavy (non-hydrogen) atoms. The van der Waals surface area contributed by atoms with E-state index in [2.05, 4.69) is 12.2 Å². The molecule has 3 nitrogen and oxygen atoms in total. The predicted octanol–water partition coefficient (Wildman–Crippen LogP) is 3.46. The van der Waals surface area contributed by atoms with Crippen LogP contribution in [-0.2, 0) is 6.42 Å². The van der Waals surface area contributed by atoms with Gasteiger partial charge in [0.25, 0.3) is 0 Å². The quantitative estimate of drug-likeness (QED) is 0.830. The summed E-state index contributed by atoms with van der Waals surface area (Å²) >= 11 is 0. The van der Waals surface area contributed by atoms with E-state index in [1.54, 1.807) is 18.8 Å². The summed E-state index contributed by atoms with van der Waals surface area (Å²) in [6, 6.07) is 4.35. The Morgan fingerprint density at radius 2 is 2.18 bits per heavy atom. The maximum atomic E-state index is 5.38. The Kier molecular flexibility index (Phi) is 4.04. The van der Waals surface area contributed by atoms with Gasteiger partial charge >= 0.3 is 0 Å². The van der Waals surface area contributed by atoms with Crippen molar-refractivity contribution in [2.24, 2.45) is 0 Å². The van der Waals surface area contributed by atoms with Gasteiger partial charge in [-0.15, -0.1) is 0 Å². The highest BCUT2D eigenvalue weighted by atomic mass is 16.3. The monoisotopic (exact) mass is 233 g/mol. The van der Waals surface area contributed by atoms with Gasteiger partial charge in [-0.1, -0.05) is 6.92 Å². The lowest BCUT2D eigenvalue weighted by Crippen LogP contribution is -2.24. The molecule has 0 amide bonds. The zero-order chi connectivity index (χ0) is 12.1. The summed E-state index contributed by atoms with van der Waals surface area (Å²) in [5, 5.41) is 3.55. The van der Waals surface area contributed by atoms with Gasteiger partial charge in [-0.25, -0.2) is 0 Å². The third-order valence-corrected chi connectivity index (χ3v) is 2.94. The topological polar surface area (TPSA) is 38.3 Å². The third kappa shape index (κ3) is 3.01. The second-order valence-corrected chi connectivity index (χ2v) is 4.27. The SMILES string of the molecule is CCCNC(Cc1ccoc1)c1ccoc1C. The van der Waals surface area contributed by atoms with Crippen molar-refractivity contribution in [2.45, 2.75) is 32.7 Å². The Labute approximate surface area is 102 Å². The molecular weight excluding hydrogens is 214 g/mol. The van der Waals surface area contributed by atoms with Crippen LogP contribution in [-0.4, -0.2) is 6.54 Å². The summed E-state index contributed by atoms with van der Waals surface area (Å²) < 4.78 is 10.5. The van der Waals surface area contributed by atoms with E-state index >= 15 is 0 Å². The van der Waals surface area contributed by atoms with Crippen LogP contribution in [0.15, 0.2) is 39.8 Å². The maximum absolute atomic E-state index is 5.38. The Bertz CT molecular complexity index is 431. The fraction of sp³-hybridized carbons (Fsp3) is 0.429. The molecule has 0 fully saturated rings. The largest absolute Gasteiger partial charge is 0.472 e. The maximum Gasteiger partial charge on any atom is 0.105 e. The van der Waals surface area contributed by atoms with Crippen LogP contribution in [0.2, 0.25) is 0 Å². The van der Waals surface area contributed by atoms with E-state index in [0.29, 0.717) is 6.04 Å². The van der Waals surface area contributed by atoms with Gasteiger partial charge in [0.1, 0.15) is 5.76 Å². The fourth-order valence-electron chi connectivity index (χ4n) is 2.01. The van der Waals surface area contributed by atoms with Gasteiger partial charge in [0, 0.05) is 11.6 Å². The molecule has 0 aliphatic heterocycles. The van der Waals surface area contributed by atoms with Gasteiger partial charge in [0.15, 0.2) is 0 Å². The average Bonchev–Trinajstić information content (AvgIpc) is 2.95. The first-order valence-electron chi connectivity index (χ1n) is 6.09. The summed E-state index contributed by atoms with van der Waals surface area (Å²) in [5.41, 5.74) is 2.44. The Morgan fingerprint density at radius 3 is 2.76 bits per heavy atom. The summed E-state index contributed by atoms with van der Waals surface area (Å²) in [7, 11) is 0. The van der Waals surface area contributed by atoms with Gasteiger partial charge < -0.3 is 14.2 Å². The van der Waals surface area contributed by atoms with Gasteiger partial charge in [0.05, 0.1) is 18.8 Å². The average molecular weight is 233 g/mol. The zero-order valence-electron chi connectivity index (χ0n) is 10.4. The second kappa shape index (κ2) is 5.73. The van der Waals surface area contributed by atoms with Crippen LogP contribution in [0.4, 0.5) is 0 Å². The molecule has 2 rings (SSSR count). The molecule has 2 aromatic heterocycles. The molecule has 0 spiro atoms. The molecule has 1 unspecified atom stereocenters. The molecule has 0 radical (unpaired) electrons. The summed E-state index contributed by atoms with van der Waals surface area (Å²) in [4.78, 5) is 0. The van der Waals surface area contributed by atoms with Gasteiger partial charge in [-0.05, 0) is 44.0 Å². The number of rotatable bonds is 6. The molecule has 1 N–H and O–H groups in total. The molecule has 0 saturated heterocycles. The van der Waals surface area contributed by atoms with E-state index in [0.717, 1.165) is 25.1 Å². The molecule has 0 aliphatic rings. The fourth-order valence-corrected chi connectivity index (χ4v) is 2.01. The molecule has 1 atom stereocenters. The number of hydrogen-bond donors (Lipinski definition) is 1. The lowest BCUT2D eigenvalue weighted by atomic mass is 10.0. The van der Waals surface area contributed by atoms with Crippen LogP contribution >= 0.6 is 0 Å². The smallest absolute Gasteiger partial charge is 0.105 e. The van der Waals surface area contributed by atoms with E-state index in [9.17, 15) is 0 Å². The summed E-state index contributed by atoms with van der Waals surface area (Å²) in [6.07, 6.45) is 7.32. The molecule has 2 aromatic rings. The number of nitrogens with one attached hydrogen (secondary N) is 1. The normalized spacial score (nSPS) is 12.8. The summed E-state index contributed by atoms with van der Waals surface area (Å²) in [6.45, 7) is 5.18. The van der Waals surface area contributed by atoms with Gasteiger partial charge in [0.2, 0.25) is 0 Å². The Hall–Kier alpha value is -1.48. The van der Waals surface area contributed by atoms with Crippen molar-refractivity contribution in [1.82, 2.24) is 5.32 Å². The first-order valence-corrected chi connectivity index (χ1v) is 6.09. The van der Waals surface area contributed by atoms with Crippen LogP contribution in [0.5, 0.6) is 0 Å². The minimum absolute atomic E-state index is 0.297. The Balaban J connectivity index is 2.11. The molecule has 0 aromatic carbocycles. The highest BCUT2D eigenvalue weighted by Crippen LogP contribution is 2.22. The molecule has 0 saturated carbocycles. The Morgan fingerprint density at radius 1 is 1.29 bits per heavy atom. The van der Waals surface area contributed by atoms with Crippen molar-refractivity contribution < 1.29 is 8.83 Å². The van der Waals surface area contributed by atoms with Crippen LogP contribution in [0, 0.1) is 6.92 Å². The highest BCUT2D eigenvalue weighted by Gasteiger charge is 2.16. The van der Waals surface area contributed by atoms with Crippen LogP contribution < -0.4 is 5.32 Å². The van der Waals surface area contributed by atoms with Crippen LogP contribution in [0.1, 0.15) is 36.3 Å². The van der Waals surface area contributed by atoms with E-state index in [1.807, 2.05) is 19.1 Å². The van der Waals surface area contributed by atoms with E-state index < -0.39 is 0 Å². The predicted molar refractivity (Wildman–Crippen MR) is 66.9 cm³/mol. The van der Waals surface area contributed by atoms with Crippen molar-refractivity contribution in [3.05, 3.63) is 47.8 Å². The lowest BCUT2D eigenvalue weighted by Gasteiger charge is -2.17. The van der Waals surface area contributed by atoms with E-state index in [4.69, 9.17) is 8.83 Å². The highest BCUT2D eigenvalue weighted by molar-refractivity contribution is 5.23. The minimum Gasteiger partial charge on any atom is -0.472 e. The lowest BCUT2D eigenvalue weighted by molar-refractivity contribution is 0.491. The van der Waals surface area contributed by atoms with Crippen molar-refractivity contribution in [2.75, 3.05) is 6.54 Å². The molecular formula is C14H19NO2. The van der Waals surface area contributed by atoms with Crippen LogP contribution in [0.25, 0.3) is 0 Å². The number of furan rings is 2. The van der Waals surface area contributed by atoms with Crippen molar-refractivity contribution in [3.63, 3.8) is 0 Å². The first kappa shape index (κ1) is 12.0. The summed E-state index contributed by atoms with van der Waals surface area (Å²) in [5.74, 6) is 0.988.